The van der Waals surface area contributed by atoms with Crippen LogP contribution in [0.3, 0.4) is 0 Å². The molecule has 0 aliphatic carbocycles. The lowest BCUT2D eigenvalue weighted by molar-refractivity contribution is -0.117. The molecule has 0 saturated heterocycles. The molecule has 154 valence electrons. The van der Waals surface area contributed by atoms with Crippen LogP contribution in [0.4, 0.5) is 10.5 Å². The highest BCUT2D eigenvalue weighted by atomic mass is 79.9. The molecule has 2 rings (SSSR count). The molecular formula is C18H20BrN5O5. The number of hydrogen-bond donors (Lipinski definition) is 2. The number of amides is 2. The van der Waals surface area contributed by atoms with Gasteiger partial charge in [0.15, 0.2) is 5.69 Å². The van der Waals surface area contributed by atoms with Crippen LogP contribution in [0.2, 0.25) is 0 Å². The zero-order chi connectivity index (χ0) is 21.6. The second-order valence-corrected chi connectivity index (χ2v) is 7.86. The SMILES string of the molecule is CC(C)(C)OC(=O)N(CC(=O)Nc1cc(Br)cnc1C(=O)O)Cc1ccncn1. The highest BCUT2D eigenvalue weighted by molar-refractivity contribution is 9.10. The van der Waals surface area contributed by atoms with E-state index >= 15 is 0 Å². The maximum Gasteiger partial charge on any atom is 0.411 e. The van der Waals surface area contributed by atoms with Crippen molar-refractivity contribution in [1.29, 1.82) is 0 Å². The Labute approximate surface area is 175 Å². The van der Waals surface area contributed by atoms with Gasteiger partial charge in [0.25, 0.3) is 0 Å². The van der Waals surface area contributed by atoms with Crippen molar-refractivity contribution in [3.63, 3.8) is 0 Å². The minimum Gasteiger partial charge on any atom is -0.476 e. The summed E-state index contributed by atoms with van der Waals surface area (Å²) >= 11 is 3.18. The molecule has 2 heterocycles. The number of carboxylic acids is 1. The molecule has 0 fully saturated rings. The lowest BCUT2D eigenvalue weighted by atomic mass is 10.2. The van der Waals surface area contributed by atoms with Gasteiger partial charge < -0.3 is 15.2 Å². The van der Waals surface area contributed by atoms with Gasteiger partial charge in [-0.3, -0.25) is 9.69 Å². The van der Waals surface area contributed by atoms with Gasteiger partial charge >= 0.3 is 12.1 Å². The van der Waals surface area contributed by atoms with E-state index in [1.54, 1.807) is 26.8 Å². The van der Waals surface area contributed by atoms with Gasteiger partial charge in [0.05, 0.1) is 17.9 Å². The number of anilines is 1. The summed E-state index contributed by atoms with van der Waals surface area (Å²) in [6.45, 7) is 4.75. The summed E-state index contributed by atoms with van der Waals surface area (Å²) in [7, 11) is 0. The number of carboxylic acid groups (broad SMARTS) is 1. The molecule has 0 atom stereocenters. The maximum absolute atomic E-state index is 12.5. The molecule has 2 N–H and O–H groups in total. The number of nitrogens with one attached hydrogen (secondary N) is 1. The van der Waals surface area contributed by atoms with Crippen molar-refractivity contribution in [3.05, 3.63) is 46.7 Å². The Morgan fingerprint density at radius 1 is 1.28 bits per heavy atom. The number of hydrogen-bond acceptors (Lipinski definition) is 7. The number of aromatic carboxylic acids is 1. The van der Waals surface area contributed by atoms with Gasteiger partial charge in [-0.1, -0.05) is 0 Å². The van der Waals surface area contributed by atoms with Crippen LogP contribution in [0.25, 0.3) is 0 Å². The number of nitrogens with zero attached hydrogens (tertiary/aromatic N) is 4. The summed E-state index contributed by atoms with van der Waals surface area (Å²) < 4.78 is 5.84. The summed E-state index contributed by atoms with van der Waals surface area (Å²) in [6, 6.07) is 3.02. The van der Waals surface area contributed by atoms with E-state index in [2.05, 4.69) is 36.2 Å². The number of carbonyl (C=O) groups excluding carboxylic acids is 2. The molecule has 29 heavy (non-hydrogen) atoms. The fourth-order valence-electron chi connectivity index (χ4n) is 2.19. The fraction of sp³-hybridized carbons (Fsp3) is 0.333. The van der Waals surface area contributed by atoms with Gasteiger partial charge in [0.1, 0.15) is 18.5 Å². The monoisotopic (exact) mass is 465 g/mol. The summed E-state index contributed by atoms with van der Waals surface area (Å²) in [5.74, 6) is -1.91. The van der Waals surface area contributed by atoms with E-state index in [1.165, 1.54) is 24.8 Å². The highest BCUT2D eigenvalue weighted by Crippen LogP contribution is 2.19. The predicted octanol–water partition coefficient (Wildman–Crippen LogP) is 2.71. The summed E-state index contributed by atoms with van der Waals surface area (Å²) in [5, 5.41) is 11.7. The zero-order valence-corrected chi connectivity index (χ0v) is 17.6. The first-order chi connectivity index (χ1) is 13.5. The van der Waals surface area contributed by atoms with Gasteiger partial charge in [-0.05, 0) is 48.8 Å². The van der Waals surface area contributed by atoms with Gasteiger partial charge in [0, 0.05) is 16.9 Å². The molecule has 0 aromatic carbocycles. The van der Waals surface area contributed by atoms with Crippen LogP contribution < -0.4 is 5.32 Å². The molecule has 2 aromatic rings. The molecule has 0 radical (unpaired) electrons. The molecule has 11 heteroatoms. The lowest BCUT2D eigenvalue weighted by Crippen LogP contribution is -2.41. The van der Waals surface area contributed by atoms with Gasteiger partial charge in [-0.15, -0.1) is 0 Å². The van der Waals surface area contributed by atoms with E-state index < -0.39 is 23.6 Å². The van der Waals surface area contributed by atoms with Gasteiger partial charge in [-0.25, -0.2) is 24.5 Å². The molecule has 10 nitrogen and oxygen atoms in total. The van der Waals surface area contributed by atoms with Crippen molar-refractivity contribution in [1.82, 2.24) is 19.9 Å². The van der Waals surface area contributed by atoms with Crippen molar-refractivity contribution >= 4 is 39.6 Å². The zero-order valence-electron chi connectivity index (χ0n) is 16.0. The molecule has 0 aliphatic heterocycles. The van der Waals surface area contributed by atoms with Crippen molar-refractivity contribution in [2.45, 2.75) is 32.9 Å². The van der Waals surface area contributed by atoms with Crippen LogP contribution in [0.5, 0.6) is 0 Å². The normalized spacial score (nSPS) is 10.9. The third kappa shape index (κ3) is 7.11. The Morgan fingerprint density at radius 3 is 2.59 bits per heavy atom. The van der Waals surface area contributed by atoms with E-state index in [-0.39, 0.29) is 24.5 Å². The largest absolute Gasteiger partial charge is 0.476 e. The first kappa shape index (κ1) is 22.2. The number of carbonyl (C=O) groups is 3. The molecular weight excluding hydrogens is 446 g/mol. The second kappa shape index (κ2) is 9.41. The third-order valence-corrected chi connectivity index (χ3v) is 3.75. The molecule has 0 spiro atoms. The van der Waals surface area contributed by atoms with Crippen LogP contribution in [0.15, 0.2) is 35.3 Å². The lowest BCUT2D eigenvalue weighted by Gasteiger charge is -2.27. The van der Waals surface area contributed by atoms with E-state index in [1.807, 2.05) is 0 Å². The van der Waals surface area contributed by atoms with Crippen molar-refractivity contribution in [3.8, 4) is 0 Å². The highest BCUT2D eigenvalue weighted by Gasteiger charge is 2.25. The Bertz CT molecular complexity index is 901. The van der Waals surface area contributed by atoms with Crippen LogP contribution in [-0.2, 0) is 16.1 Å². The minimum atomic E-state index is -1.29. The molecule has 0 bridgehead atoms. The molecule has 0 unspecified atom stereocenters. The number of pyridine rings is 1. The Hall–Kier alpha value is -3.08. The average Bonchev–Trinajstić information content (AvgIpc) is 2.60. The van der Waals surface area contributed by atoms with E-state index in [0.29, 0.717) is 10.2 Å². The third-order valence-electron chi connectivity index (χ3n) is 3.31. The average molecular weight is 466 g/mol. The van der Waals surface area contributed by atoms with Crippen LogP contribution in [-0.4, -0.2) is 55.1 Å². The van der Waals surface area contributed by atoms with Crippen molar-refractivity contribution in [2.75, 3.05) is 11.9 Å². The molecule has 0 aliphatic rings. The van der Waals surface area contributed by atoms with E-state index in [4.69, 9.17) is 4.74 Å². The minimum absolute atomic E-state index is 0.00282. The van der Waals surface area contributed by atoms with E-state index in [9.17, 15) is 19.5 Å². The number of rotatable bonds is 6. The molecule has 2 amide bonds. The molecule has 2 aromatic heterocycles. The summed E-state index contributed by atoms with van der Waals surface area (Å²) in [5.41, 5.74) is -0.569. The Kier molecular flexibility index (Phi) is 7.21. The number of halogens is 1. The number of aromatic nitrogens is 3. The van der Waals surface area contributed by atoms with Crippen LogP contribution in [0, 0.1) is 0 Å². The quantitative estimate of drug-likeness (QED) is 0.664. The van der Waals surface area contributed by atoms with Crippen molar-refractivity contribution in [2.24, 2.45) is 0 Å². The van der Waals surface area contributed by atoms with Gasteiger partial charge in [0.2, 0.25) is 5.91 Å². The summed E-state index contributed by atoms with van der Waals surface area (Å²) in [6.07, 6.45) is 3.44. The fourth-order valence-corrected chi connectivity index (χ4v) is 2.52. The summed E-state index contributed by atoms with van der Waals surface area (Å²) in [4.78, 5) is 49.2. The topological polar surface area (TPSA) is 135 Å². The first-order valence-corrected chi connectivity index (χ1v) is 9.26. The first-order valence-electron chi connectivity index (χ1n) is 8.46. The maximum atomic E-state index is 12.5. The molecule has 0 saturated carbocycles. The predicted molar refractivity (Wildman–Crippen MR) is 106 cm³/mol. The van der Waals surface area contributed by atoms with Crippen LogP contribution in [0.1, 0.15) is 37.0 Å². The van der Waals surface area contributed by atoms with E-state index in [0.717, 1.165) is 4.90 Å². The van der Waals surface area contributed by atoms with Crippen molar-refractivity contribution < 1.29 is 24.2 Å². The van der Waals surface area contributed by atoms with Crippen LogP contribution >= 0.6 is 15.9 Å². The smallest absolute Gasteiger partial charge is 0.411 e. The Morgan fingerprint density at radius 2 is 2.00 bits per heavy atom. The standard InChI is InChI=1S/C18H20BrN5O5/c1-18(2,3)29-17(28)24(8-12-4-5-20-10-22-12)9-14(25)23-13-6-11(19)7-21-15(13)16(26)27/h4-7,10H,8-9H2,1-3H3,(H,23,25)(H,26,27). The Balaban J connectivity index is 2.19. The second-order valence-electron chi connectivity index (χ2n) is 6.94. The van der Waals surface area contributed by atoms with Gasteiger partial charge in [-0.2, -0.15) is 0 Å². The number of ether oxygens (including phenoxy) is 1.